The predicted molar refractivity (Wildman–Crippen MR) is 81.8 cm³/mol. The lowest BCUT2D eigenvalue weighted by Gasteiger charge is -1.96. The van der Waals surface area contributed by atoms with E-state index in [1.165, 1.54) is 23.5 Å². The number of nitro groups is 1. The molecule has 9 nitrogen and oxygen atoms in total. The molecule has 0 aliphatic carbocycles. The molecule has 0 atom stereocenters. The summed E-state index contributed by atoms with van der Waals surface area (Å²) in [6.45, 7) is 0. The van der Waals surface area contributed by atoms with Gasteiger partial charge in [-0.3, -0.25) is 15.1 Å². The first-order valence-electron chi connectivity index (χ1n) is 6.46. The Morgan fingerprint density at radius 1 is 1.13 bits per heavy atom. The molecule has 3 heterocycles. The van der Waals surface area contributed by atoms with E-state index in [-0.39, 0.29) is 5.69 Å². The monoisotopic (exact) mass is 325 g/mol. The molecule has 0 aliphatic rings. The van der Waals surface area contributed by atoms with Crippen LogP contribution < -0.4 is 0 Å². The van der Waals surface area contributed by atoms with E-state index in [2.05, 4.69) is 25.3 Å². The van der Waals surface area contributed by atoms with Crippen LogP contribution in [-0.4, -0.2) is 34.7 Å². The molecule has 0 N–H and O–H groups in total. The van der Waals surface area contributed by atoms with E-state index in [0.717, 1.165) is 5.56 Å². The van der Waals surface area contributed by atoms with E-state index >= 15 is 0 Å². The van der Waals surface area contributed by atoms with Crippen LogP contribution in [0.4, 0.5) is 5.69 Å². The van der Waals surface area contributed by atoms with E-state index < -0.39 is 4.92 Å². The molecule has 0 unspecified atom stereocenters. The first-order valence-corrected chi connectivity index (χ1v) is 7.27. The Morgan fingerprint density at radius 2 is 1.96 bits per heavy atom. The number of benzene rings is 1. The van der Waals surface area contributed by atoms with Crippen LogP contribution in [0.3, 0.4) is 0 Å². The number of hydrogen-bond acceptors (Lipinski definition) is 8. The Bertz CT molecular complexity index is 994. The molecule has 0 fully saturated rings. The van der Waals surface area contributed by atoms with Crippen molar-refractivity contribution in [3.63, 3.8) is 0 Å². The van der Waals surface area contributed by atoms with Crippen molar-refractivity contribution < 1.29 is 4.92 Å². The molecule has 0 aliphatic heterocycles. The maximum absolute atomic E-state index is 10.7. The van der Waals surface area contributed by atoms with Crippen LogP contribution in [0.15, 0.2) is 42.9 Å². The van der Waals surface area contributed by atoms with Gasteiger partial charge in [0.15, 0.2) is 0 Å². The standard InChI is InChI=1S/C13H7N7O2S/c21-20(22)9-3-1-8(2-4-9)12-18-19-11(16-17-13(19)23-12)10-7-14-5-6-15-10/h1-7H. The van der Waals surface area contributed by atoms with Crippen molar-refractivity contribution in [2.45, 2.75) is 0 Å². The van der Waals surface area contributed by atoms with Gasteiger partial charge < -0.3 is 0 Å². The SMILES string of the molecule is O=[N+]([O-])c1ccc(-c2nn3c(-c4cnccn4)nnc3s2)cc1. The normalized spacial score (nSPS) is 11.0. The fourth-order valence-electron chi connectivity index (χ4n) is 2.03. The summed E-state index contributed by atoms with van der Waals surface area (Å²) in [6.07, 6.45) is 4.73. The molecule has 4 aromatic rings. The highest BCUT2D eigenvalue weighted by atomic mass is 32.1. The van der Waals surface area contributed by atoms with Crippen molar-refractivity contribution in [3.05, 3.63) is 53.0 Å². The average Bonchev–Trinajstić information content (AvgIpc) is 3.16. The molecule has 3 aromatic heterocycles. The zero-order chi connectivity index (χ0) is 15.8. The number of non-ortho nitro benzene ring substituents is 1. The summed E-state index contributed by atoms with van der Waals surface area (Å²) in [7, 11) is 0. The second kappa shape index (κ2) is 5.18. The van der Waals surface area contributed by atoms with Gasteiger partial charge in [0, 0.05) is 30.1 Å². The Balaban J connectivity index is 1.78. The van der Waals surface area contributed by atoms with Gasteiger partial charge in [-0.1, -0.05) is 11.3 Å². The van der Waals surface area contributed by atoms with Gasteiger partial charge in [-0.25, -0.2) is 4.98 Å². The predicted octanol–water partition coefficient (Wildman–Crippen LogP) is 2.22. The second-order valence-corrected chi connectivity index (χ2v) is 5.48. The Hall–Kier alpha value is -3.27. The molecule has 112 valence electrons. The number of nitro benzene ring substituents is 1. The summed E-state index contributed by atoms with van der Waals surface area (Å²) in [4.78, 5) is 19.1. The van der Waals surface area contributed by atoms with Gasteiger partial charge in [0.1, 0.15) is 10.7 Å². The highest BCUT2D eigenvalue weighted by Gasteiger charge is 2.16. The van der Waals surface area contributed by atoms with Gasteiger partial charge in [0.2, 0.25) is 10.8 Å². The molecule has 0 radical (unpaired) electrons. The van der Waals surface area contributed by atoms with Crippen molar-refractivity contribution in [1.82, 2.24) is 29.8 Å². The van der Waals surface area contributed by atoms with Crippen LogP contribution in [0.2, 0.25) is 0 Å². The Morgan fingerprint density at radius 3 is 2.65 bits per heavy atom. The van der Waals surface area contributed by atoms with E-state index in [1.54, 1.807) is 35.2 Å². The van der Waals surface area contributed by atoms with E-state index in [0.29, 0.717) is 21.5 Å². The lowest BCUT2D eigenvalue weighted by Crippen LogP contribution is -1.93. The first-order chi connectivity index (χ1) is 11.2. The fraction of sp³-hybridized carbons (Fsp3) is 0. The largest absolute Gasteiger partial charge is 0.269 e. The lowest BCUT2D eigenvalue weighted by molar-refractivity contribution is -0.384. The third-order valence-corrected chi connectivity index (χ3v) is 4.06. The number of nitrogens with zero attached hydrogens (tertiary/aromatic N) is 7. The van der Waals surface area contributed by atoms with Crippen LogP contribution in [0.1, 0.15) is 0 Å². The zero-order valence-corrected chi connectivity index (χ0v) is 12.2. The van der Waals surface area contributed by atoms with Gasteiger partial charge in [-0.05, 0) is 12.1 Å². The molecule has 0 spiro atoms. The minimum absolute atomic E-state index is 0.0389. The maximum atomic E-state index is 10.7. The molecule has 0 saturated heterocycles. The molecule has 23 heavy (non-hydrogen) atoms. The highest BCUT2D eigenvalue weighted by molar-refractivity contribution is 7.19. The Labute approximate surface area is 132 Å². The van der Waals surface area contributed by atoms with Crippen molar-refractivity contribution in [2.75, 3.05) is 0 Å². The second-order valence-electron chi connectivity index (χ2n) is 4.52. The van der Waals surface area contributed by atoms with Crippen LogP contribution in [0, 0.1) is 10.1 Å². The molecular weight excluding hydrogens is 318 g/mol. The van der Waals surface area contributed by atoms with Gasteiger partial charge in [-0.2, -0.15) is 9.61 Å². The fourth-order valence-corrected chi connectivity index (χ4v) is 2.88. The quantitative estimate of drug-likeness (QED) is 0.419. The minimum Gasteiger partial charge on any atom is -0.261 e. The maximum Gasteiger partial charge on any atom is 0.269 e. The number of hydrogen-bond donors (Lipinski definition) is 0. The molecule has 0 saturated carbocycles. The third-order valence-electron chi connectivity index (χ3n) is 3.11. The van der Waals surface area contributed by atoms with Crippen LogP contribution in [0.25, 0.3) is 27.1 Å². The van der Waals surface area contributed by atoms with Crippen LogP contribution >= 0.6 is 11.3 Å². The number of aromatic nitrogens is 6. The number of fused-ring (bicyclic) bond motifs is 1. The summed E-state index contributed by atoms with van der Waals surface area (Å²) in [5, 5.41) is 24.0. The molecule has 1 aromatic carbocycles. The van der Waals surface area contributed by atoms with Gasteiger partial charge in [-0.15, -0.1) is 10.2 Å². The van der Waals surface area contributed by atoms with Crippen molar-refractivity contribution in [1.29, 1.82) is 0 Å². The van der Waals surface area contributed by atoms with Crippen molar-refractivity contribution >= 4 is 22.0 Å². The summed E-state index contributed by atoms with van der Waals surface area (Å²) in [5.41, 5.74) is 1.38. The Kier molecular flexibility index (Phi) is 3.01. The summed E-state index contributed by atoms with van der Waals surface area (Å²) in [6, 6.07) is 6.21. The van der Waals surface area contributed by atoms with E-state index in [4.69, 9.17) is 0 Å². The van der Waals surface area contributed by atoms with Crippen LogP contribution in [0.5, 0.6) is 0 Å². The van der Waals surface area contributed by atoms with E-state index in [1.807, 2.05) is 0 Å². The summed E-state index contributed by atoms with van der Waals surface area (Å²) in [5.74, 6) is 0.498. The molecular formula is C13H7N7O2S. The smallest absolute Gasteiger partial charge is 0.261 e. The highest BCUT2D eigenvalue weighted by Crippen LogP contribution is 2.28. The first kappa shape index (κ1) is 13.4. The lowest BCUT2D eigenvalue weighted by atomic mass is 10.2. The molecule has 10 heteroatoms. The van der Waals surface area contributed by atoms with Gasteiger partial charge in [0.25, 0.3) is 5.69 Å². The minimum atomic E-state index is -0.436. The summed E-state index contributed by atoms with van der Waals surface area (Å²) < 4.78 is 1.59. The van der Waals surface area contributed by atoms with Gasteiger partial charge in [0.05, 0.1) is 11.1 Å². The van der Waals surface area contributed by atoms with Gasteiger partial charge >= 0.3 is 0 Å². The molecule has 4 rings (SSSR count). The van der Waals surface area contributed by atoms with Crippen LogP contribution in [-0.2, 0) is 0 Å². The topological polar surface area (TPSA) is 112 Å². The summed E-state index contributed by atoms with van der Waals surface area (Å²) >= 11 is 1.34. The molecule has 0 amide bonds. The third kappa shape index (κ3) is 2.30. The van der Waals surface area contributed by atoms with Crippen molar-refractivity contribution in [2.24, 2.45) is 0 Å². The zero-order valence-electron chi connectivity index (χ0n) is 11.4. The average molecular weight is 325 g/mol. The number of rotatable bonds is 3. The van der Waals surface area contributed by atoms with Crippen molar-refractivity contribution in [3.8, 4) is 22.1 Å². The molecule has 0 bridgehead atoms. The van der Waals surface area contributed by atoms with E-state index in [9.17, 15) is 10.1 Å².